The molecule has 0 aliphatic heterocycles. The Morgan fingerprint density at radius 1 is 0.440 bits per heavy atom. The van der Waals surface area contributed by atoms with E-state index in [1.165, 1.54) is 66.8 Å². The van der Waals surface area contributed by atoms with Gasteiger partial charge in [-0.15, -0.1) is 0 Å². The van der Waals surface area contributed by atoms with Gasteiger partial charge >= 0.3 is 0 Å². The summed E-state index contributed by atoms with van der Waals surface area (Å²) in [6.45, 7) is 13.4. The maximum atomic E-state index is 4.73. The standard InChI is InChI=1S/C47H43N3/c1-31-26-33(3)44(34(4)27-31)46(45-35(5)28-32(2)29-36(45)6)38-20-22-40(23-21-38)50(47-48-24-13-25-49-47)41-17-12-16-39(30-41)43-19-11-10-18-42(43)37-14-8-7-9-15-37/h7-30,46H,1-6H3. The number of hydrogen-bond donors (Lipinski definition) is 0. The van der Waals surface area contributed by atoms with Crippen molar-refractivity contribution in [1.29, 1.82) is 0 Å². The second-order valence-corrected chi connectivity index (χ2v) is 13.5. The van der Waals surface area contributed by atoms with Crippen molar-refractivity contribution < 1.29 is 0 Å². The molecule has 0 fully saturated rings. The Hall–Kier alpha value is -5.80. The van der Waals surface area contributed by atoms with Gasteiger partial charge in [0.2, 0.25) is 5.95 Å². The molecule has 246 valence electrons. The molecule has 0 bridgehead atoms. The van der Waals surface area contributed by atoms with Gasteiger partial charge in [-0.3, -0.25) is 4.90 Å². The first-order valence-corrected chi connectivity index (χ1v) is 17.4. The van der Waals surface area contributed by atoms with E-state index in [1.807, 2.05) is 6.07 Å². The zero-order chi connectivity index (χ0) is 34.8. The zero-order valence-electron chi connectivity index (χ0n) is 29.8. The Bertz CT molecular complexity index is 2170. The van der Waals surface area contributed by atoms with E-state index in [2.05, 4.69) is 174 Å². The van der Waals surface area contributed by atoms with E-state index in [1.54, 1.807) is 12.4 Å². The van der Waals surface area contributed by atoms with E-state index >= 15 is 0 Å². The van der Waals surface area contributed by atoms with Crippen LogP contribution in [0.1, 0.15) is 56.0 Å². The Morgan fingerprint density at radius 2 is 0.940 bits per heavy atom. The fraction of sp³-hybridized carbons (Fsp3) is 0.149. The van der Waals surface area contributed by atoms with Crippen molar-refractivity contribution in [3.8, 4) is 22.3 Å². The van der Waals surface area contributed by atoms with Crippen molar-refractivity contribution in [2.75, 3.05) is 4.90 Å². The number of anilines is 3. The summed E-state index contributed by atoms with van der Waals surface area (Å²) in [5.74, 6) is 0.727. The number of hydrogen-bond acceptors (Lipinski definition) is 3. The van der Waals surface area contributed by atoms with Gasteiger partial charge in [-0.05, 0) is 133 Å². The van der Waals surface area contributed by atoms with Crippen LogP contribution in [-0.2, 0) is 0 Å². The predicted molar refractivity (Wildman–Crippen MR) is 210 cm³/mol. The summed E-state index contributed by atoms with van der Waals surface area (Å²) in [6, 6.07) is 48.0. The third kappa shape index (κ3) is 6.47. The van der Waals surface area contributed by atoms with Gasteiger partial charge in [0.05, 0.1) is 0 Å². The lowest BCUT2D eigenvalue weighted by Gasteiger charge is -2.28. The molecule has 0 atom stereocenters. The Kier molecular flexibility index (Phi) is 9.15. The monoisotopic (exact) mass is 649 g/mol. The number of rotatable bonds is 8. The van der Waals surface area contributed by atoms with Gasteiger partial charge in [-0.2, -0.15) is 0 Å². The number of benzene rings is 6. The second-order valence-electron chi connectivity index (χ2n) is 13.5. The first kappa shape index (κ1) is 32.7. The summed E-state index contributed by atoms with van der Waals surface area (Å²) in [5.41, 5.74) is 18.6. The Morgan fingerprint density at radius 3 is 1.50 bits per heavy atom. The third-order valence-corrected chi connectivity index (χ3v) is 9.72. The smallest absolute Gasteiger partial charge is 0.234 e. The van der Waals surface area contributed by atoms with Crippen LogP contribution in [0.4, 0.5) is 17.3 Å². The Labute approximate surface area is 297 Å². The molecule has 1 aromatic heterocycles. The molecule has 50 heavy (non-hydrogen) atoms. The largest absolute Gasteiger partial charge is 0.279 e. The quantitative estimate of drug-likeness (QED) is 0.153. The molecule has 0 saturated carbocycles. The maximum absolute atomic E-state index is 4.73. The SMILES string of the molecule is Cc1cc(C)c(C(c2ccc(N(c3cccc(-c4ccccc4-c4ccccc4)c3)c3ncccn3)cc2)c2c(C)cc(C)cc2C)c(C)c1. The van der Waals surface area contributed by atoms with Gasteiger partial charge in [-0.1, -0.05) is 114 Å². The molecule has 7 rings (SSSR count). The summed E-state index contributed by atoms with van der Waals surface area (Å²) in [5, 5.41) is 0. The van der Waals surface area contributed by atoms with E-state index in [0.29, 0.717) is 5.95 Å². The molecule has 0 aliphatic rings. The predicted octanol–water partition coefficient (Wildman–Crippen LogP) is 12.3. The minimum atomic E-state index is 0.101. The van der Waals surface area contributed by atoms with E-state index in [0.717, 1.165) is 16.9 Å². The molecule has 0 radical (unpaired) electrons. The first-order valence-electron chi connectivity index (χ1n) is 17.4. The van der Waals surface area contributed by atoms with Crippen LogP contribution in [0, 0.1) is 41.5 Å². The van der Waals surface area contributed by atoms with Crippen LogP contribution < -0.4 is 4.90 Å². The molecule has 0 saturated heterocycles. The molecule has 3 nitrogen and oxygen atoms in total. The van der Waals surface area contributed by atoms with E-state index in [-0.39, 0.29) is 5.92 Å². The van der Waals surface area contributed by atoms with Crippen molar-refractivity contribution >= 4 is 17.3 Å². The van der Waals surface area contributed by atoms with Crippen LogP contribution >= 0.6 is 0 Å². The molecule has 0 N–H and O–H groups in total. The lowest BCUT2D eigenvalue weighted by atomic mass is 9.77. The van der Waals surface area contributed by atoms with Gasteiger partial charge in [-0.25, -0.2) is 9.97 Å². The van der Waals surface area contributed by atoms with Crippen molar-refractivity contribution in [2.24, 2.45) is 0 Å². The van der Waals surface area contributed by atoms with Crippen LogP contribution in [0.3, 0.4) is 0 Å². The highest BCUT2D eigenvalue weighted by atomic mass is 15.3. The van der Waals surface area contributed by atoms with Gasteiger partial charge in [0.25, 0.3) is 0 Å². The fourth-order valence-corrected chi connectivity index (χ4v) is 7.79. The van der Waals surface area contributed by atoms with Crippen molar-refractivity contribution in [2.45, 2.75) is 47.5 Å². The second kappa shape index (κ2) is 14.0. The molecule has 6 aromatic carbocycles. The first-order chi connectivity index (χ1) is 24.3. The summed E-state index contributed by atoms with van der Waals surface area (Å²) in [7, 11) is 0. The highest BCUT2D eigenvalue weighted by molar-refractivity contribution is 5.86. The van der Waals surface area contributed by atoms with Crippen LogP contribution in [0.5, 0.6) is 0 Å². The number of aryl methyl sites for hydroxylation is 6. The lowest BCUT2D eigenvalue weighted by molar-refractivity contribution is 0.919. The molecular formula is C47H43N3. The Balaban J connectivity index is 1.35. The van der Waals surface area contributed by atoms with Gasteiger partial charge in [0.15, 0.2) is 0 Å². The van der Waals surface area contributed by atoms with Crippen molar-refractivity contribution in [1.82, 2.24) is 9.97 Å². The number of aromatic nitrogens is 2. The summed E-state index contributed by atoms with van der Waals surface area (Å²) >= 11 is 0. The molecule has 1 heterocycles. The molecule has 0 amide bonds. The van der Waals surface area contributed by atoms with E-state index < -0.39 is 0 Å². The summed E-state index contributed by atoms with van der Waals surface area (Å²) < 4.78 is 0. The van der Waals surface area contributed by atoms with Crippen LogP contribution in [0.25, 0.3) is 22.3 Å². The minimum Gasteiger partial charge on any atom is -0.279 e. The highest BCUT2D eigenvalue weighted by Crippen LogP contribution is 2.42. The maximum Gasteiger partial charge on any atom is 0.234 e. The third-order valence-electron chi connectivity index (χ3n) is 9.72. The van der Waals surface area contributed by atoms with Crippen molar-refractivity contribution in [3.63, 3.8) is 0 Å². The fourth-order valence-electron chi connectivity index (χ4n) is 7.79. The van der Waals surface area contributed by atoms with E-state index in [4.69, 9.17) is 9.97 Å². The molecule has 0 aliphatic carbocycles. The molecule has 7 aromatic rings. The number of nitrogens with zero attached hydrogens (tertiary/aromatic N) is 3. The molecule has 0 spiro atoms. The van der Waals surface area contributed by atoms with Gasteiger partial charge in [0.1, 0.15) is 0 Å². The van der Waals surface area contributed by atoms with Crippen LogP contribution in [-0.4, -0.2) is 9.97 Å². The highest BCUT2D eigenvalue weighted by Gasteiger charge is 2.25. The summed E-state index contributed by atoms with van der Waals surface area (Å²) in [4.78, 5) is 11.6. The normalized spacial score (nSPS) is 11.2. The zero-order valence-corrected chi connectivity index (χ0v) is 29.8. The summed E-state index contributed by atoms with van der Waals surface area (Å²) in [6.07, 6.45) is 3.61. The van der Waals surface area contributed by atoms with Crippen molar-refractivity contribution in [3.05, 3.63) is 196 Å². The van der Waals surface area contributed by atoms with E-state index in [9.17, 15) is 0 Å². The molecular weight excluding hydrogens is 607 g/mol. The molecule has 3 heteroatoms. The van der Waals surface area contributed by atoms with Crippen LogP contribution in [0.2, 0.25) is 0 Å². The average Bonchev–Trinajstić information content (AvgIpc) is 3.12. The van der Waals surface area contributed by atoms with Gasteiger partial charge < -0.3 is 0 Å². The minimum absolute atomic E-state index is 0.101. The van der Waals surface area contributed by atoms with Gasteiger partial charge in [0, 0.05) is 29.7 Å². The molecule has 0 unspecified atom stereocenters. The topological polar surface area (TPSA) is 29.0 Å². The average molecular weight is 650 g/mol. The van der Waals surface area contributed by atoms with Crippen LogP contribution in [0.15, 0.2) is 146 Å². The lowest BCUT2D eigenvalue weighted by Crippen LogP contribution is -2.14.